The van der Waals surface area contributed by atoms with Crippen molar-refractivity contribution in [3.8, 4) is 17.1 Å². The number of anilines is 2. The molecule has 0 unspecified atom stereocenters. The molecular weight excluding hydrogens is 551 g/mol. The molecule has 0 aliphatic rings. The summed E-state index contributed by atoms with van der Waals surface area (Å²) in [5, 5.41) is 20.0. The van der Waals surface area contributed by atoms with Crippen LogP contribution in [0.4, 0.5) is 33.3 Å². The number of ether oxygens (including phenoxy) is 1. The van der Waals surface area contributed by atoms with E-state index >= 15 is 4.39 Å². The maximum Gasteiger partial charge on any atom is 0.417 e. The Morgan fingerprint density at radius 3 is 2.46 bits per heavy atom. The highest BCUT2D eigenvalue weighted by Crippen LogP contribution is 2.44. The first kappa shape index (κ1) is 32.0. The minimum Gasteiger partial charge on any atom is -0.475 e. The molecule has 0 bridgehead atoms. The number of nitrogens with zero attached hydrogens (tertiary/aromatic N) is 3. The van der Waals surface area contributed by atoms with E-state index in [1.165, 1.54) is 4.68 Å². The van der Waals surface area contributed by atoms with E-state index in [0.29, 0.717) is 24.3 Å². The van der Waals surface area contributed by atoms with Crippen molar-refractivity contribution in [2.45, 2.75) is 52.7 Å². The zero-order valence-corrected chi connectivity index (χ0v) is 23.4. The molecule has 3 aromatic rings. The number of aromatic nitrogens is 3. The third-order valence-electron chi connectivity index (χ3n) is 6.11. The van der Waals surface area contributed by atoms with Gasteiger partial charge in [-0.3, -0.25) is 15.5 Å². The molecular formula is C26H35F5N8O2. The smallest absolute Gasteiger partial charge is 0.417 e. The zero-order valence-electron chi connectivity index (χ0n) is 23.4. The first-order valence-electron chi connectivity index (χ1n) is 12.8. The van der Waals surface area contributed by atoms with Gasteiger partial charge in [-0.15, -0.1) is 0 Å². The first-order chi connectivity index (χ1) is 19.3. The van der Waals surface area contributed by atoms with E-state index in [1.54, 1.807) is 34.1 Å². The number of nitrogen functional groups attached to an aromatic ring is 1. The molecule has 0 spiro atoms. The summed E-state index contributed by atoms with van der Waals surface area (Å²) in [6, 6.07) is 0.726. The molecule has 0 saturated heterocycles. The summed E-state index contributed by atoms with van der Waals surface area (Å²) in [6.45, 7) is 4.87. The molecule has 0 fully saturated rings. The molecule has 7 N–H and O–H groups in total. The van der Waals surface area contributed by atoms with Crippen molar-refractivity contribution in [3.05, 3.63) is 51.8 Å². The SMILES string of the molecule is CNNCCNCc1c(OC(C)C)nc(-c2cc(N)c(F)c(C)c2C(F)(F)F)c(F)c1NCc1nn(C)cc1CO. The van der Waals surface area contributed by atoms with Crippen molar-refractivity contribution >= 4 is 11.4 Å². The number of aryl methyl sites for hydroxylation is 1. The molecule has 15 heteroatoms. The van der Waals surface area contributed by atoms with Crippen LogP contribution in [0.1, 0.15) is 41.8 Å². The molecule has 0 atom stereocenters. The van der Waals surface area contributed by atoms with Crippen LogP contribution in [0.2, 0.25) is 0 Å². The Hall–Kier alpha value is -3.53. The van der Waals surface area contributed by atoms with Crippen molar-refractivity contribution in [1.82, 2.24) is 30.9 Å². The van der Waals surface area contributed by atoms with E-state index in [9.17, 15) is 22.7 Å². The number of alkyl halides is 3. The van der Waals surface area contributed by atoms with E-state index in [2.05, 4.69) is 31.6 Å². The van der Waals surface area contributed by atoms with Gasteiger partial charge in [0.1, 0.15) is 11.5 Å². The Kier molecular flexibility index (Phi) is 10.5. The Balaban J connectivity index is 2.26. The molecule has 2 heterocycles. The van der Waals surface area contributed by atoms with Crippen molar-refractivity contribution in [2.75, 3.05) is 31.2 Å². The second-order valence-corrected chi connectivity index (χ2v) is 9.56. The third kappa shape index (κ3) is 7.41. The number of hydrogen-bond donors (Lipinski definition) is 6. The monoisotopic (exact) mass is 586 g/mol. The van der Waals surface area contributed by atoms with Gasteiger partial charge in [-0.1, -0.05) is 0 Å². The van der Waals surface area contributed by atoms with E-state index in [0.717, 1.165) is 13.0 Å². The number of halogens is 5. The van der Waals surface area contributed by atoms with E-state index in [1.807, 2.05) is 0 Å². The van der Waals surface area contributed by atoms with Gasteiger partial charge in [0, 0.05) is 44.0 Å². The van der Waals surface area contributed by atoms with Gasteiger partial charge >= 0.3 is 6.18 Å². The summed E-state index contributed by atoms with van der Waals surface area (Å²) >= 11 is 0. The first-order valence-corrected chi connectivity index (χ1v) is 12.8. The number of benzene rings is 1. The van der Waals surface area contributed by atoms with Crippen LogP contribution >= 0.6 is 0 Å². The van der Waals surface area contributed by atoms with Crippen LogP contribution in [0.15, 0.2) is 12.3 Å². The van der Waals surface area contributed by atoms with Crippen molar-refractivity contribution < 1.29 is 31.8 Å². The number of aliphatic hydroxyl groups is 1. The summed E-state index contributed by atoms with van der Waals surface area (Å²) in [4.78, 5) is 4.19. The maximum absolute atomic E-state index is 16.4. The van der Waals surface area contributed by atoms with E-state index in [4.69, 9.17) is 10.5 Å². The molecule has 0 amide bonds. The molecule has 3 rings (SSSR count). The second kappa shape index (κ2) is 13.4. The van der Waals surface area contributed by atoms with Crippen LogP contribution in [-0.2, 0) is 32.9 Å². The fourth-order valence-electron chi connectivity index (χ4n) is 4.32. The third-order valence-corrected chi connectivity index (χ3v) is 6.11. The summed E-state index contributed by atoms with van der Waals surface area (Å²) < 4.78 is 80.8. The number of hydrogen-bond acceptors (Lipinski definition) is 9. The van der Waals surface area contributed by atoms with Crippen LogP contribution in [0.3, 0.4) is 0 Å². The van der Waals surface area contributed by atoms with Gasteiger partial charge in [-0.2, -0.15) is 18.3 Å². The lowest BCUT2D eigenvalue weighted by molar-refractivity contribution is -0.137. The average molecular weight is 587 g/mol. The molecule has 1 aromatic carbocycles. The summed E-state index contributed by atoms with van der Waals surface area (Å²) in [5.41, 5.74) is 8.06. The van der Waals surface area contributed by atoms with Crippen LogP contribution < -0.4 is 32.0 Å². The molecule has 10 nitrogen and oxygen atoms in total. The molecule has 0 aliphatic carbocycles. The Bertz CT molecular complexity index is 1360. The van der Waals surface area contributed by atoms with Gasteiger partial charge < -0.3 is 26.2 Å². The predicted molar refractivity (Wildman–Crippen MR) is 145 cm³/mol. The minimum atomic E-state index is -5.04. The highest BCUT2D eigenvalue weighted by atomic mass is 19.4. The molecule has 2 aromatic heterocycles. The highest BCUT2D eigenvalue weighted by molar-refractivity contribution is 5.76. The van der Waals surface area contributed by atoms with Gasteiger partial charge in [0.2, 0.25) is 5.88 Å². The van der Waals surface area contributed by atoms with Crippen LogP contribution in [0.5, 0.6) is 5.88 Å². The Morgan fingerprint density at radius 1 is 1.15 bits per heavy atom. The Morgan fingerprint density at radius 2 is 1.85 bits per heavy atom. The summed E-state index contributed by atoms with van der Waals surface area (Å²) in [6.07, 6.45) is -3.92. The molecule has 0 aliphatic heterocycles. The predicted octanol–water partition coefficient (Wildman–Crippen LogP) is 3.37. The topological polar surface area (TPSA) is 134 Å². The molecule has 0 saturated carbocycles. The van der Waals surface area contributed by atoms with Crippen LogP contribution in [0.25, 0.3) is 11.3 Å². The van der Waals surface area contributed by atoms with E-state index in [-0.39, 0.29) is 36.8 Å². The molecule has 0 radical (unpaired) electrons. The minimum absolute atomic E-state index is 0.0335. The number of rotatable bonds is 13. The number of pyridine rings is 1. The Labute approximate surface area is 234 Å². The molecule has 41 heavy (non-hydrogen) atoms. The zero-order chi connectivity index (χ0) is 30.5. The maximum atomic E-state index is 16.4. The van der Waals surface area contributed by atoms with Gasteiger partial charge in [-0.25, -0.2) is 13.8 Å². The lowest BCUT2D eigenvalue weighted by Crippen LogP contribution is -2.34. The van der Waals surface area contributed by atoms with Gasteiger partial charge in [0.15, 0.2) is 5.82 Å². The normalized spacial score (nSPS) is 11.9. The summed E-state index contributed by atoms with van der Waals surface area (Å²) in [5.74, 6) is -2.49. The van der Waals surface area contributed by atoms with Gasteiger partial charge in [-0.05, 0) is 39.4 Å². The van der Waals surface area contributed by atoms with Crippen molar-refractivity contribution in [3.63, 3.8) is 0 Å². The number of nitrogens with one attached hydrogen (secondary N) is 4. The fraction of sp³-hybridized carbons (Fsp3) is 0.462. The van der Waals surface area contributed by atoms with Crippen molar-refractivity contribution in [1.29, 1.82) is 0 Å². The lowest BCUT2D eigenvalue weighted by Gasteiger charge is -2.23. The largest absolute Gasteiger partial charge is 0.475 e. The highest BCUT2D eigenvalue weighted by Gasteiger charge is 2.39. The van der Waals surface area contributed by atoms with Crippen LogP contribution in [0, 0.1) is 18.6 Å². The summed E-state index contributed by atoms with van der Waals surface area (Å²) in [7, 11) is 3.35. The average Bonchev–Trinajstić information content (AvgIpc) is 3.25. The number of nitrogens with two attached hydrogens (primary N) is 1. The lowest BCUT2D eigenvalue weighted by atomic mass is 9.95. The van der Waals surface area contributed by atoms with Crippen LogP contribution in [-0.4, -0.2) is 46.1 Å². The van der Waals surface area contributed by atoms with Crippen molar-refractivity contribution in [2.24, 2.45) is 7.05 Å². The standard InChI is InChI=1S/C26H35F5N8O2/c1-13(2)41-25-17(9-34-6-7-36-33-4)23(35-10-19-15(12-40)11-39(5)38-19)22(28)24(37-25)16-8-18(32)21(27)14(3)20(16)26(29,30)31/h8,11,13,33-34,36,40H,6-7,9-10,12,32H2,1-5H3,(H,35,37). The van der Waals surface area contributed by atoms with Gasteiger partial charge in [0.05, 0.1) is 47.5 Å². The second-order valence-electron chi connectivity index (χ2n) is 9.56. The fourth-order valence-corrected chi connectivity index (χ4v) is 4.32. The van der Waals surface area contributed by atoms with E-state index < -0.39 is 52.0 Å². The molecule has 226 valence electrons. The number of aliphatic hydroxyl groups excluding tert-OH is 1. The van der Waals surface area contributed by atoms with Gasteiger partial charge in [0.25, 0.3) is 0 Å². The quantitative estimate of drug-likeness (QED) is 0.0772. The number of hydrazine groups is 1.